The molecule has 0 saturated carbocycles. The fourth-order valence-corrected chi connectivity index (χ4v) is 2.53. The number of aliphatic hydroxyl groups excluding tert-OH is 2. The quantitative estimate of drug-likeness (QED) is 0.898. The third-order valence-corrected chi connectivity index (χ3v) is 3.58. The van der Waals surface area contributed by atoms with Crippen molar-refractivity contribution >= 4 is 11.6 Å². The van der Waals surface area contributed by atoms with Crippen LogP contribution in [0.15, 0.2) is 34.9 Å². The second-order valence-electron chi connectivity index (χ2n) is 4.98. The lowest BCUT2D eigenvalue weighted by molar-refractivity contribution is 0.0572. The maximum absolute atomic E-state index is 9.51. The smallest absolute Gasteiger partial charge is 0.226 e. The summed E-state index contributed by atoms with van der Waals surface area (Å²) in [7, 11) is 0. The molecular weight excluding hydrogens is 280 g/mol. The molecule has 1 aromatic carbocycles. The maximum Gasteiger partial charge on any atom is 0.226 e. The van der Waals surface area contributed by atoms with Crippen molar-refractivity contribution in [3.63, 3.8) is 0 Å². The molecule has 2 N–H and O–H groups in total. The number of benzene rings is 1. The van der Waals surface area contributed by atoms with E-state index < -0.39 is 12.2 Å². The number of nitrogens with zero attached hydrogens (tertiary/aromatic N) is 2. The largest absolute Gasteiger partial charge is 0.444 e. The first-order valence-electron chi connectivity index (χ1n) is 6.40. The zero-order valence-electron chi connectivity index (χ0n) is 10.7. The van der Waals surface area contributed by atoms with E-state index in [-0.39, 0.29) is 0 Å². The van der Waals surface area contributed by atoms with Gasteiger partial charge in [-0.1, -0.05) is 17.7 Å². The standard InChI is InChI=1S/C14H15ClN2O3/c15-10-3-1-2-9(4-10)14-16-11(8-20-14)5-17-6-12(18)13(19)7-17/h1-4,8,12-13,18-19H,5-7H2/t12-,13+. The summed E-state index contributed by atoms with van der Waals surface area (Å²) >= 11 is 5.94. The summed E-state index contributed by atoms with van der Waals surface area (Å²) in [5, 5.41) is 19.7. The van der Waals surface area contributed by atoms with Crippen LogP contribution in [0.3, 0.4) is 0 Å². The van der Waals surface area contributed by atoms with Crippen molar-refractivity contribution in [2.75, 3.05) is 13.1 Å². The second-order valence-corrected chi connectivity index (χ2v) is 5.42. The van der Waals surface area contributed by atoms with Crippen molar-refractivity contribution in [3.05, 3.63) is 41.2 Å². The average Bonchev–Trinajstić information content (AvgIpc) is 2.98. The number of oxazole rings is 1. The number of likely N-dealkylation sites (tertiary alicyclic amines) is 1. The molecule has 1 aromatic heterocycles. The van der Waals surface area contributed by atoms with Gasteiger partial charge in [-0.3, -0.25) is 4.90 Å². The molecule has 2 aromatic rings. The number of hydrogen-bond acceptors (Lipinski definition) is 5. The molecule has 0 amide bonds. The van der Waals surface area contributed by atoms with E-state index in [1.54, 1.807) is 18.4 Å². The molecule has 0 aliphatic carbocycles. The van der Waals surface area contributed by atoms with Gasteiger partial charge in [0, 0.05) is 30.2 Å². The van der Waals surface area contributed by atoms with E-state index in [2.05, 4.69) is 4.98 Å². The van der Waals surface area contributed by atoms with Gasteiger partial charge in [0.2, 0.25) is 5.89 Å². The van der Waals surface area contributed by atoms with E-state index in [0.717, 1.165) is 11.3 Å². The van der Waals surface area contributed by atoms with Crippen LogP contribution in [0.2, 0.25) is 5.02 Å². The van der Waals surface area contributed by atoms with Gasteiger partial charge in [0.15, 0.2) is 0 Å². The van der Waals surface area contributed by atoms with Crippen LogP contribution in [0.1, 0.15) is 5.69 Å². The lowest BCUT2D eigenvalue weighted by Gasteiger charge is -2.11. The molecule has 0 unspecified atom stereocenters. The summed E-state index contributed by atoms with van der Waals surface area (Å²) in [4.78, 5) is 6.34. The summed E-state index contributed by atoms with van der Waals surface area (Å²) in [5.41, 5.74) is 1.59. The first-order chi connectivity index (χ1) is 9.61. The molecule has 1 aliphatic rings. The average molecular weight is 295 g/mol. The van der Waals surface area contributed by atoms with E-state index in [4.69, 9.17) is 16.0 Å². The van der Waals surface area contributed by atoms with E-state index in [1.165, 1.54) is 0 Å². The SMILES string of the molecule is O[C@@H]1CN(Cc2coc(-c3cccc(Cl)c3)n2)C[C@@H]1O. The Bertz CT molecular complexity index is 592. The van der Waals surface area contributed by atoms with Crippen LogP contribution < -0.4 is 0 Å². The fraction of sp³-hybridized carbons (Fsp3) is 0.357. The predicted molar refractivity (Wildman–Crippen MR) is 74.2 cm³/mol. The van der Waals surface area contributed by atoms with Gasteiger partial charge in [0.05, 0.1) is 17.9 Å². The van der Waals surface area contributed by atoms with Gasteiger partial charge in [-0.2, -0.15) is 0 Å². The van der Waals surface area contributed by atoms with E-state index >= 15 is 0 Å². The van der Waals surface area contributed by atoms with Gasteiger partial charge in [-0.05, 0) is 18.2 Å². The normalized spacial score (nSPS) is 23.4. The number of halogens is 1. The van der Waals surface area contributed by atoms with Crippen molar-refractivity contribution in [3.8, 4) is 11.5 Å². The third-order valence-electron chi connectivity index (χ3n) is 3.34. The van der Waals surface area contributed by atoms with Gasteiger partial charge in [-0.15, -0.1) is 0 Å². The van der Waals surface area contributed by atoms with Crippen LogP contribution in [-0.2, 0) is 6.54 Å². The molecule has 3 rings (SSSR count). The zero-order valence-corrected chi connectivity index (χ0v) is 11.5. The van der Waals surface area contributed by atoms with E-state index in [0.29, 0.717) is 30.5 Å². The van der Waals surface area contributed by atoms with Gasteiger partial charge in [-0.25, -0.2) is 4.98 Å². The minimum Gasteiger partial charge on any atom is -0.444 e. The minimum absolute atomic E-state index is 0.445. The minimum atomic E-state index is -0.686. The Morgan fingerprint density at radius 1 is 1.30 bits per heavy atom. The second kappa shape index (κ2) is 5.54. The van der Waals surface area contributed by atoms with Crippen LogP contribution in [0.4, 0.5) is 0 Å². The Kier molecular flexibility index (Phi) is 3.76. The molecule has 0 radical (unpaired) electrons. The highest BCUT2D eigenvalue weighted by atomic mass is 35.5. The molecule has 2 atom stereocenters. The molecule has 20 heavy (non-hydrogen) atoms. The molecule has 106 valence electrons. The molecule has 0 bridgehead atoms. The number of β-amino-alcohol motifs (C(OH)–C–C–N with tert-alkyl or cyclic N) is 2. The molecule has 0 spiro atoms. The summed E-state index contributed by atoms with van der Waals surface area (Å²) in [5.74, 6) is 0.516. The summed E-state index contributed by atoms with van der Waals surface area (Å²) < 4.78 is 5.45. The summed E-state index contributed by atoms with van der Waals surface area (Å²) in [6.07, 6.45) is 0.219. The first kappa shape index (κ1) is 13.6. The van der Waals surface area contributed by atoms with E-state index in [9.17, 15) is 10.2 Å². The highest BCUT2D eigenvalue weighted by molar-refractivity contribution is 6.30. The molecular formula is C14H15ClN2O3. The molecule has 1 fully saturated rings. The highest BCUT2D eigenvalue weighted by Crippen LogP contribution is 2.23. The highest BCUT2D eigenvalue weighted by Gasteiger charge is 2.29. The summed E-state index contributed by atoms with van der Waals surface area (Å²) in [6.45, 7) is 1.43. The molecule has 6 heteroatoms. The van der Waals surface area contributed by atoms with Crippen LogP contribution in [0.5, 0.6) is 0 Å². The van der Waals surface area contributed by atoms with E-state index in [1.807, 2.05) is 17.0 Å². The predicted octanol–water partition coefficient (Wildman–Crippen LogP) is 1.53. The fourth-order valence-electron chi connectivity index (χ4n) is 2.34. The number of aromatic nitrogens is 1. The molecule has 1 saturated heterocycles. The number of aliphatic hydroxyl groups is 2. The van der Waals surface area contributed by atoms with Crippen LogP contribution in [0.25, 0.3) is 11.5 Å². The van der Waals surface area contributed by atoms with Gasteiger partial charge in [0.1, 0.15) is 6.26 Å². The lowest BCUT2D eigenvalue weighted by Crippen LogP contribution is -2.22. The first-order valence-corrected chi connectivity index (χ1v) is 6.78. The number of rotatable bonds is 3. The van der Waals surface area contributed by atoms with Crippen LogP contribution >= 0.6 is 11.6 Å². The molecule has 5 nitrogen and oxygen atoms in total. The molecule has 2 heterocycles. The zero-order chi connectivity index (χ0) is 14.1. The van der Waals surface area contributed by atoms with Crippen molar-refractivity contribution in [2.45, 2.75) is 18.8 Å². The van der Waals surface area contributed by atoms with Crippen LogP contribution in [-0.4, -0.2) is 45.4 Å². The Hall–Kier alpha value is -1.40. The Morgan fingerprint density at radius 3 is 2.75 bits per heavy atom. The van der Waals surface area contributed by atoms with Crippen molar-refractivity contribution < 1.29 is 14.6 Å². The number of hydrogen-bond donors (Lipinski definition) is 2. The van der Waals surface area contributed by atoms with Crippen molar-refractivity contribution in [2.24, 2.45) is 0 Å². The topological polar surface area (TPSA) is 69.7 Å². The van der Waals surface area contributed by atoms with Gasteiger partial charge < -0.3 is 14.6 Å². The van der Waals surface area contributed by atoms with Crippen molar-refractivity contribution in [1.82, 2.24) is 9.88 Å². The van der Waals surface area contributed by atoms with Crippen LogP contribution in [0, 0.1) is 0 Å². The Labute approximate surface area is 121 Å². The van der Waals surface area contributed by atoms with Gasteiger partial charge in [0.25, 0.3) is 0 Å². The lowest BCUT2D eigenvalue weighted by atomic mass is 10.2. The maximum atomic E-state index is 9.51. The Balaban J connectivity index is 1.71. The third kappa shape index (κ3) is 2.86. The van der Waals surface area contributed by atoms with Crippen molar-refractivity contribution in [1.29, 1.82) is 0 Å². The van der Waals surface area contributed by atoms with Gasteiger partial charge >= 0.3 is 0 Å². The molecule has 1 aliphatic heterocycles. The monoisotopic (exact) mass is 294 g/mol. The summed E-state index contributed by atoms with van der Waals surface area (Å²) in [6, 6.07) is 7.31. The Morgan fingerprint density at radius 2 is 2.05 bits per heavy atom.